The van der Waals surface area contributed by atoms with Crippen LogP contribution in [0.15, 0.2) is 18.2 Å². The predicted molar refractivity (Wildman–Crippen MR) is 108 cm³/mol. The summed E-state index contributed by atoms with van der Waals surface area (Å²) >= 11 is 0. The van der Waals surface area contributed by atoms with Gasteiger partial charge in [-0.05, 0) is 43.0 Å². The van der Waals surface area contributed by atoms with Gasteiger partial charge < -0.3 is 14.2 Å². The number of benzene rings is 1. The van der Waals surface area contributed by atoms with E-state index in [9.17, 15) is 9.59 Å². The molecule has 2 fully saturated rings. The molecule has 1 saturated heterocycles. The molecule has 2 bridgehead atoms. The minimum atomic E-state index is -0.645. The predicted octanol–water partition coefficient (Wildman–Crippen LogP) is 3.95. The van der Waals surface area contributed by atoms with Gasteiger partial charge in [-0.1, -0.05) is 18.9 Å². The summed E-state index contributed by atoms with van der Waals surface area (Å²) in [5.74, 6) is 0.930. The van der Waals surface area contributed by atoms with Crippen molar-refractivity contribution in [1.82, 2.24) is 0 Å². The molecule has 1 aliphatic heterocycles. The fourth-order valence-electron chi connectivity index (χ4n) is 6.15. The van der Waals surface area contributed by atoms with Crippen molar-refractivity contribution in [2.45, 2.75) is 63.8 Å². The zero-order valence-electron chi connectivity index (χ0n) is 17.7. The van der Waals surface area contributed by atoms with Crippen molar-refractivity contribution in [2.24, 2.45) is 5.92 Å². The number of likely N-dealkylation sites (tertiary alicyclic amines) is 1. The van der Waals surface area contributed by atoms with Crippen LogP contribution in [0.1, 0.15) is 57.1 Å². The summed E-state index contributed by atoms with van der Waals surface area (Å²) in [6, 6.07) is 6.53. The number of piperidine rings is 1. The van der Waals surface area contributed by atoms with Gasteiger partial charge in [0.15, 0.2) is 0 Å². The summed E-state index contributed by atoms with van der Waals surface area (Å²) < 4.78 is 16.6. The van der Waals surface area contributed by atoms with E-state index in [1.165, 1.54) is 43.7 Å². The molecule has 4 rings (SSSR count). The van der Waals surface area contributed by atoms with E-state index in [0.717, 1.165) is 23.9 Å². The molecule has 6 heteroatoms. The first-order chi connectivity index (χ1) is 13.9. The lowest BCUT2D eigenvalue weighted by Crippen LogP contribution is -2.69. The van der Waals surface area contributed by atoms with Crippen LogP contribution in [0.3, 0.4) is 0 Å². The van der Waals surface area contributed by atoms with E-state index in [1.54, 1.807) is 6.92 Å². The lowest BCUT2D eigenvalue weighted by atomic mass is 9.52. The number of carbonyl (C=O) groups is 2. The first-order valence-electron chi connectivity index (χ1n) is 10.8. The van der Waals surface area contributed by atoms with E-state index in [2.05, 4.69) is 19.2 Å². The van der Waals surface area contributed by atoms with Crippen molar-refractivity contribution < 1.29 is 28.3 Å². The van der Waals surface area contributed by atoms with Crippen LogP contribution in [-0.2, 0) is 26.1 Å². The maximum Gasteiger partial charge on any atom is 0.513 e. The summed E-state index contributed by atoms with van der Waals surface area (Å²) in [4.78, 5) is 23.3. The topological polar surface area (TPSA) is 61.8 Å². The van der Waals surface area contributed by atoms with Crippen molar-refractivity contribution in [2.75, 3.05) is 26.9 Å². The van der Waals surface area contributed by atoms with E-state index < -0.39 is 6.16 Å². The minimum absolute atomic E-state index is 0.137. The Morgan fingerprint density at radius 1 is 1.21 bits per heavy atom. The third-order valence-electron chi connectivity index (χ3n) is 7.50. The molecule has 0 aromatic heterocycles. The smallest absolute Gasteiger partial charge is 0.434 e. The molecule has 1 aromatic rings. The Labute approximate surface area is 172 Å². The number of esters is 1. The van der Waals surface area contributed by atoms with E-state index in [0.29, 0.717) is 31.0 Å². The molecular formula is C23H32NO5+. The monoisotopic (exact) mass is 402 g/mol. The Morgan fingerprint density at radius 2 is 2.03 bits per heavy atom. The number of nitrogens with zero attached hydrogens (tertiary/aromatic N) is 1. The fourth-order valence-corrected chi connectivity index (χ4v) is 6.15. The number of fused-ring (bicyclic) bond motifs is 1. The van der Waals surface area contributed by atoms with E-state index >= 15 is 0 Å². The molecule has 1 aromatic carbocycles. The summed E-state index contributed by atoms with van der Waals surface area (Å²) in [5.41, 5.74) is 2.84. The standard InChI is InChI=1S/C23H32NO5/c1-4-27-22(26)29-18-9-8-17-13-21-19-7-5-6-10-23(19,20(17)14-18)11-12-24(21,3)15-28-16(2)25/h8-9,14,19,21H,4-7,10-13,15H2,1-3H3/q+1/t19-,21+,23+,24-/m0/s1. The van der Waals surface area contributed by atoms with Crippen LogP contribution in [0.4, 0.5) is 4.79 Å². The van der Waals surface area contributed by atoms with E-state index in [4.69, 9.17) is 14.2 Å². The average molecular weight is 403 g/mol. The third-order valence-corrected chi connectivity index (χ3v) is 7.50. The number of quaternary nitrogens is 1. The Hall–Kier alpha value is -2.08. The van der Waals surface area contributed by atoms with Gasteiger partial charge in [-0.25, -0.2) is 4.79 Å². The quantitative estimate of drug-likeness (QED) is 0.434. The lowest BCUT2D eigenvalue weighted by Gasteiger charge is -2.60. The van der Waals surface area contributed by atoms with Gasteiger partial charge in [-0.3, -0.25) is 9.28 Å². The highest BCUT2D eigenvalue weighted by Crippen LogP contribution is 2.57. The Morgan fingerprint density at radius 3 is 2.79 bits per heavy atom. The Balaban J connectivity index is 1.69. The van der Waals surface area contributed by atoms with Crippen molar-refractivity contribution in [1.29, 1.82) is 0 Å². The van der Waals surface area contributed by atoms with Crippen molar-refractivity contribution in [3.8, 4) is 5.75 Å². The molecule has 1 saturated carbocycles. The normalized spacial score (nSPS) is 32.5. The van der Waals surface area contributed by atoms with Gasteiger partial charge in [0.25, 0.3) is 0 Å². The van der Waals surface area contributed by atoms with Crippen molar-refractivity contribution >= 4 is 12.1 Å². The van der Waals surface area contributed by atoms with Gasteiger partial charge in [0.1, 0.15) is 5.75 Å². The number of likely N-dealkylation sites (N-methyl/N-ethyl adjacent to an activating group) is 1. The highest BCUT2D eigenvalue weighted by Gasteiger charge is 2.59. The Kier molecular flexibility index (Phi) is 5.32. The largest absolute Gasteiger partial charge is 0.513 e. The van der Waals surface area contributed by atoms with Gasteiger partial charge in [0.05, 0.1) is 26.2 Å². The second-order valence-electron chi connectivity index (χ2n) is 9.10. The van der Waals surface area contributed by atoms with Gasteiger partial charge in [0.2, 0.25) is 6.73 Å². The fraction of sp³-hybridized carbons (Fsp3) is 0.652. The Bertz CT molecular complexity index is 808. The number of ether oxygens (including phenoxy) is 3. The number of hydrogen-bond acceptors (Lipinski definition) is 5. The van der Waals surface area contributed by atoms with Crippen LogP contribution < -0.4 is 4.74 Å². The molecule has 3 aliphatic rings. The summed E-state index contributed by atoms with van der Waals surface area (Å²) in [6.07, 6.45) is 6.28. The zero-order valence-corrected chi connectivity index (χ0v) is 17.7. The molecular weight excluding hydrogens is 370 g/mol. The average Bonchev–Trinajstić information content (AvgIpc) is 2.70. The van der Waals surface area contributed by atoms with Crippen LogP contribution in [0.5, 0.6) is 5.75 Å². The van der Waals surface area contributed by atoms with Crippen LogP contribution in [-0.4, -0.2) is 49.6 Å². The van der Waals surface area contributed by atoms with Gasteiger partial charge >= 0.3 is 12.1 Å². The number of carbonyl (C=O) groups excluding carboxylic acids is 2. The molecule has 0 radical (unpaired) electrons. The number of hydrogen-bond donors (Lipinski definition) is 0. The number of rotatable bonds is 4. The molecule has 4 atom stereocenters. The highest BCUT2D eigenvalue weighted by molar-refractivity contribution is 5.65. The SMILES string of the molecule is CCOC(=O)Oc1ccc2c(c1)[C@@]13CCCC[C@H]1[C@@H](C2)[N@+](C)(COC(C)=O)CC3. The van der Waals surface area contributed by atoms with Crippen LogP contribution >= 0.6 is 0 Å². The third kappa shape index (κ3) is 3.52. The second kappa shape index (κ2) is 7.63. The molecule has 0 spiro atoms. The van der Waals surface area contributed by atoms with E-state index in [-0.39, 0.29) is 11.4 Å². The molecule has 0 unspecified atom stereocenters. The summed E-state index contributed by atoms with van der Waals surface area (Å²) in [6.45, 7) is 5.01. The maximum absolute atomic E-state index is 11.8. The molecule has 6 nitrogen and oxygen atoms in total. The van der Waals surface area contributed by atoms with Gasteiger partial charge in [-0.2, -0.15) is 0 Å². The first-order valence-corrected chi connectivity index (χ1v) is 10.8. The molecule has 1 heterocycles. The van der Waals surface area contributed by atoms with Crippen LogP contribution in [0, 0.1) is 5.92 Å². The summed E-state index contributed by atoms with van der Waals surface area (Å²) in [7, 11) is 2.25. The van der Waals surface area contributed by atoms with Gasteiger partial charge in [0, 0.05) is 31.1 Å². The zero-order chi connectivity index (χ0) is 20.6. The molecule has 0 amide bonds. The maximum atomic E-state index is 11.8. The second-order valence-corrected chi connectivity index (χ2v) is 9.10. The van der Waals surface area contributed by atoms with E-state index in [1.807, 2.05) is 6.07 Å². The molecule has 0 N–H and O–H groups in total. The molecule has 29 heavy (non-hydrogen) atoms. The van der Waals surface area contributed by atoms with Crippen molar-refractivity contribution in [3.05, 3.63) is 29.3 Å². The van der Waals surface area contributed by atoms with Gasteiger partial charge in [-0.15, -0.1) is 0 Å². The van der Waals surface area contributed by atoms with Crippen LogP contribution in [0.25, 0.3) is 0 Å². The van der Waals surface area contributed by atoms with Crippen molar-refractivity contribution in [3.63, 3.8) is 0 Å². The minimum Gasteiger partial charge on any atom is -0.434 e. The highest BCUT2D eigenvalue weighted by atomic mass is 16.7. The first kappa shape index (κ1) is 20.2. The molecule has 2 aliphatic carbocycles. The summed E-state index contributed by atoms with van der Waals surface area (Å²) in [5, 5.41) is 0. The lowest BCUT2D eigenvalue weighted by molar-refractivity contribution is -0.959. The van der Waals surface area contributed by atoms with Crippen LogP contribution in [0.2, 0.25) is 0 Å². The molecule has 158 valence electrons.